The van der Waals surface area contributed by atoms with Gasteiger partial charge in [0, 0.05) is 11.8 Å². The molecule has 0 saturated carbocycles. The van der Waals surface area contributed by atoms with Gasteiger partial charge in [0.25, 0.3) is 5.56 Å². The van der Waals surface area contributed by atoms with Crippen molar-refractivity contribution in [3.63, 3.8) is 0 Å². The van der Waals surface area contributed by atoms with E-state index in [9.17, 15) is 9.59 Å². The van der Waals surface area contributed by atoms with Gasteiger partial charge >= 0.3 is 0 Å². The Hall–Kier alpha value is -3.88. The lowest BCUT2D eigenvalue weighted by Crippen LogP contribution is -2.27. The van der Waals surface area contributed by atoms with Crippen molar-refractivity contribution in [3.05, 3.63) is 52.2 Å². The van der Waals surface area contributed by atoms with Crippen molar-refractivity contribution in [2.24, 2.45) is 0 Å². The van der Waals surface area contributed by atoms with Gasteiger partial charge in [-0.3, -0.25) is 14.2 Å². The first kappa shape index (κ1) is 20.0. The number of rotatable bonds is 5. The minimum Gasteiger partial charge on any atom is -0.497 e. The molecule has 3 heterocycles. The second-order valence-electron chi connectivity index (χ2n) is 7.73. The van der Waals surface area contributed by atoms with Crippen LogP contribution >= 0.6 is 0 Å². The first-order chi connectivity index (χ1) is 15.6. The molecule has 0 fully saturated rings. The first-order valence-corrected chi connectivity index (χ1v) is 10.4. The summed E-state index contributed by atoms with van der Waals surface area (Å²) in [6.07, 6.45) is 5.48. The Labute approximate surface area is 183 Å². The summed E-state index contributed by atoms with van der Waals surface area (Å²) in [5, 5.41) is 3.48. The number of anilines is 1. The highest BCUT2D eigenvalue weighted by Gasteiger charge is 2.20. The van der Waals surface area contributed by atoms with Crippen molar-refractivity contribution in [2.45, 2.75) is 32.2 Å². The number of carbonyl (C=O) groups excluding carboxylic acids is 1. The summed E-state index contributed by atoms with van der Waals surface area (Å²) in [5.41, 5.74) is 3.24. The van der Waals surface area contributed by atoms with E-state index in [0.717, 1.165) is 36.8 Å². The fourth-order valence-electron chi connectivity index (χ4n) is 4.07. The monoisotopic (exact) mass is 434 g/mol. The smallest absolute Gasteiger partial charge is 0.297 e. The SMILES string of the molecule is COc1ccc(NC(=O)Cn2cnc3c(oc4nc5c(cc43)CCCC5)c2=O)c(OC)c1. The third kappa shape index (κ3) is 3.45. The highest BCUT2D eigenvalue weighted by atomic mass is 16.5. The number of aromatic nitrogens is 3. The van der Waals surface area contributed by atoms with E-state index in [1.165, 1.54) is 23.6 Å². The van der Waals surface area contributed by atoms with E-state index in [1.807, 2.05) is 6.07 Å². The number of benzene rings is 1. The Bertz CT molecular complexity index is 1410. The molecule has 32 heavy (non-hydrogen) atoms. The van der Waals surface area contributed by atoms with Crippen molar-refractivity contribution in [2.75, 3.05) is 19.5 Å². The fraction of sp³-hybridized carbons (Fsp3) is 0.304. The second-order valence-corrected chi connectivity index (χ2v) is 7.73. The average Bonchev–Trinajstić information content (AvgIpc) is 3.17. The molecule has 0 aliphatic heterocycles. The van der Waals surface area contributed by atoms with Crippen molar-refractivity contribution >= 4 is 33.8 Å². The molecule has 0 unspecified atom stereocenters. The predicted molar refractivity (Wildman–Crippen MR) is 118 cm³/mol. The zero-order valence-electron chi connectivity index (χ0n) is 17.8. The number of carbonyl (C=O) groups is 1. The summed E-state index contributed by atoms with van der Waals surface area (Å²) in [7, 11) is 3.05. The maximum atomic E-state index is 13.0. The largest absolute Gasteiger partial charge is 0.497 e. The van der Waals surface area contributed by atoms with Gasteiger partial charge in [-0.25, -0.2) is 9.97 Å². The number of nitrogens with zero attached hydrogens (tertiary/aromatic N) is 3. The molecule has 0 spiro atoms. The molecule has 1 aliphatic rings. The van der Waals surface area contributed by atoms with Gasteiger partial charge in [-0.05, 0) is 49.4 Å². The van der Waals surface area contributed by atoms with Crippen LogP contribution in [0.15, 0.2) is 39.8 Å². The van der Waals surface area contributed by atoms with Gasteiger partial charge in [0.2, 0.25) is 17.2 Å². The molecule has 3 aromatic heterocycles. The van der Waals surface area contributed by atoms with Gasteiger partial charge in [0.15, 0.2) is 0 Å². The van der Waals surface area contributed by atoms with E-state index in [1.54, 1.807) is 25.3 Å². The van der Waals surface area contributed by atoms with Crippen LogP contribution in [-0.4, -0.2) is 34.7 Å². The third-order valence-electron chi connectivity index (χ3n) is 5.71. The van der Waals surface area contributed by atoms with Crippen molar-refractivity contribution < 1.29 is 18.7 Å². The quantitative estimate of drug-likeness (QED) is 0.514. The molecule has 9 heteroatoms. The standard InChI is InChI=1S/C23H22N4O5/c1-30-14-7-8-17(18(10-14)31-2)25-19(28)11-27-12-24-20-15-9-13-5-3-4-6-16(13)26-22(15)32-21(20)23(27)29/h7-10,12H,3-6,11H2,1-2H3,(H,25,28). The Morgan fingerprint density at radius 1 is 1.19 bits per heavy atom. The number of pyridine rings is 1. The van der Waals surface area contributed by atoms with E-state index >= 15 is 0 Å². The van der Waals surface area contributed by atoms with E-state index < -0.39 is 11.5 Å². The Balaban J connectivity index is 1.44. The first-order valence-electron chi connectivity index (χ1n) is 10.4. The average molecular weight is 434 g/mol. The molecule has 164 valence electrons. The third-order valence-corrected chi connectivity index (χ3v) is 5.71. The van der Waals surface area contributed by atoms with Crippen LogP contribution in [0.4, 0.5) is 5.69 Å². The Kier molecular flexibility index (Phi) is 5.01. The number of nitrogens with one attached hydrogen (secondary N) is 1. The molecular weight excluding hydrogens is 412 g/mol. The summed E-state index contributed by atoms with van der Waals surface area (Å²) in [6, 6.07) is 7.07. The number of furan rings is 1. The van der Waals surface area contributed by atoms with E-state index in [0.29, 0.717) is 28.4 Å². The van der Waals surface area contributed by atoms with Crippen LogP contribution in [-0.2, 0) is 24.2 Å². The Morgan fingerprint density at radius 3 is 2.84 bits per heavy atom. The zero-order valence-corrected chi connectivity index (χ0v) is 17.8. The van der Waals surface area contributed by atoms with E-state index in [-0.39, 0.29) is 12.1 Å². The molecule has 0 atom stereocenters. The number of aryl methyl sites for hydroxylation is 2. The lowest BCUT2D eigenvalue weighted by Gasteiger charge is -2.13. The number of fused-ring (bicyclic) bond motifs is 4. The van der Waals surface area contributed by atoms with Gasteiger partial charge < -0.3 is 19.2 Å². The molecule has 4 aromatic rings. The van der Waals surface area contributed by atoms with E-state index in [2.05, 4.69) is 15.3 Å². The van der Waals surface area contributed by atoms with Crippen LogP contribution < -0.4 is 20.3 Å². The minimum atomic E-state index is -0.428. The minimum absolute atomic E-state index is 0.104. The van der Waals surface area contributed by atoms with E-state index in [4.69, 9.17) is 13.9 Å². The fourth-order valence-corrected chi connectivity index (χ4v) is 4.07. The highest BCUT2D eigenvalue weighted by molar-refractivity contribution is 6.01. The van der Waals surface area contributed by atoms with Crippen molar-refractivity contribution in [3.8, 4) is 11.5 Å². The van der Waals surface area contributed by atoms with Crippen molar-refractivity contribution in [1.29, 1.82) is 0 Å². The number of hydrogen-bond donors (Lipinski definition) is 1. The summed E-state index contributed by atoms with van der Waals surface area (Å²) in [5.74, 6) is 0.651. The molecule has 1 N–H and O–H groups in total. The molecule has 0 saturated heterocycles. The number of methoxy groups -OCH3 is 2. The van der Waals surface area contributed by atoms with Crippen LogP contribution in [0.2, 0.25) is 0 Å². The maximum Gasteiger partial charge on any atom is 0.297 e. The molecule has 0 radical (unpaired) electrons. The van der Waals surface area contributed by atoms with Crippen LogP contribution in [0.1, 0.15) is 24.1 Å². The highest BCUT2D eigenvalue weighted by Crippen LogP contribution is 2.30. The lowest BCUT2D eigenvalue weighted by molar-refractivity contribution is -0.116. The van der Waals surface area contributed by atoms with Gasteiger partial charge in [-0.1, -0.05) is 0 Å². The Morgan fingerprint density at radius 2 is 2.03 bits per heavy atom. The number of amides is 1. The lowest BCUT2D eigenvalue weighted by atomic mass is 9.95. The number of ether oxygens (including phenoxy) is 2. The molecule has 1 amide bonds. The predicted octanol–water partition coefficient (Wildman–Crippen LogP) is 3.07. The molecule has 0 bridgehead atoms. The summed E-state index contributed by atoms with van der Waals surface area (Å²) in [6.45, 7) is -0.224. The normalized spacial score (nSPS) is 13.2. The van der Waals surface area contributed by atoms with Crippen LogP contribution in [0.3, 0.4) is 0 Å². The van der Waals surface area contributed by atoms with Gasteiger partial charge in [-0.15, -0.1) is 0 Å². The summed E-state index contributed by atoms with van der Waals surface area (Å²) >= 11 is 0. The van der Waals surface area contributed by atoms with Crippen LogP contribution in [0.25, 0.3) is 22.2 Å². The van der Waals surface area contributed by atoms with Gasteiger partial charge in [0.1, 0.15) is 23.6 Å². The van der Waals surface area contributed by atoms with Crippen LogP contribution in [0, 0.1) is 0 Å². The summed E-state index contributed by atoms with van der Waals surface area (Å²) < 4.78 is 17.5. The topological polar surface area (TPSA) is 108 Å². The number of hydrogen-bond acceptors (Lipinski definition) is 7. The molecule has 1 aliphatic carbocycles. The second kappa shape index (κ2) is 7.99. The van der Waals surface area contributed by atoms with Crippen LogP contribution in [0.5, 0.6) is 11.5 Å². The molecule has 1 aromatic carbocycles. The molecular formula is C23H22N4O5. The van der Waals surface area contributed by atoms with Gasteiger partial charge in [0.05, 0.1) is 31.6 Å². The van der Waals surface area contributed by atoms with Gasteiger partial charge in [-0.2, -0.15) is 0 Å². The maximum absolute atomic E-state index is 13.0. The zero-order chi connectivity index (χ0) is 22.2. The summed E-state index contributed by atoms with van der Waals surface area (Å²) in [4.78, 5) is 34.6. The molecule has 5 rings (SSSR count). The molecule has 9 nitrogen and oxygen atoms in total. The van der Waals surface area contributed by atoms with Crippen molar-refractivity contribution in [1.82, 2.24) is 14.5 Å².